The third kappa shape index (κ3) is 2.70. The highest BCUT2D eigenvalue weighted by Gasteiger charge is 2.50. The first-order valence-corrected chi connectivity index (χ1v) is 10.6. The molecule has 0 saturated carbocycles. The first-order chi connectivity index (χ1) is 14.2. The molecule has 150 valence electrons. The van der Waals surface area contributed by atoms with Gasteiger partial charge in [-0.3, -0.25) is 4.79 Å². The number of thiazole rings is 1. The second-order valence-corrected chi connectivity index (χ2v) is 8.38. The Labute approximate surface area is 173 Å². The van der Waals surface area contributed by atoms with E-state index in [9.17, 15) is 4.79 Å². The van der Waals surface area contributed by atoms with E-state index in [1.165, 1.54) is 17.0 Å². The third-order valence-electron chi connectivity index (χ3n) is 6.02. The van der Waals surface area contributed by atoms with E-state index < -0.39 is 0 Å². The maximum atomic E-state index is 13.2. The Morgan fingerprint density at radius 2 is 2.21 bits per heavy atom. The van der Waals surface area contributed by atoms with E-state index in [1.807, 2.05) is 24.1 Å². The van der Waals surface area contributed by atoms with Gasteiger partial charge in [-0.05, 0) is 37.6 Å². The van der Waals surface area contributed by atoms with Crippen molar-refractivity contribution in [2.45, 2.75) is 18.9 Å². The molecule has 0 aliphatic carbocycles. The van der Waals surface area contributed by atoms with Crippen LogP contribution in [0.4, 0.5) is 5.69 Å². The second-order valence-electron chi connectivity index (χ2n) is 7.53. The van der Waals surface area contributed by atoms with Gasteiger partial charge in [0, 0.05) is 39.1 Å². The molecule has 29 heavy (non-hydrogen) atoms. The summed E-state index contributed by atoms with van der Waals surface area (Å²) in [6.45, 7) is 4.58. The number of carbonyl (C=O) groups excluding carboxylic acids is 1. The Balaban J connectivity index is 1.58. The van der Waals surface area contributed by atoms with Crippen molar-refractivity contribution in [2.24, 2.45) is 0 Å². The van der Waals surface area contributed by atoms with Gasteiger partial charge >= 0.3 is 0 Å². The molecule has 1 saturated heterocycles. The monoisotopic (exact) mass is 409 g/mol. The fourth-order valence-electron chi connectivity index (χ4n) is 4.66. The number of hydrogen-bond donors (Lipinski definition) is 0. The molecule has 1 atom stereocenters. The quantitative estimate of drug-likeness (QED) is 0.663. The summed E-state index contributed by atoms with van der Waals surface area (Å²) in [5.41, 5.74) is 4.51. The zero-order chi connectivity index (χ0) is 20.0. The maximum absolute atomic E-state index is 13.2. The Morgan fingerprint density at radius 1 is 1.31 bits per heavy atom. The van der Waals surface area contributed by atoms with Crippen LogP contribution in [0.1, 0.15) is 27.5 Å². The number of nitrogens with zero attached hydrogens (tertiary/aromatic N) is 5. The fraction of sp³-hybridized carbons (Fsp3) is 0.381. The lowest BCUT2D eigenvalue weighted by molar-refractivity contribution is 0.0785. The number of amides is 1. The molecule has 3 aromatic rings. The summed E-state index contributed by atoms with van der Waals surface area (Å²) < 4.78 is 7.60. The minimum atomic E-state index is -0.299. The molecule has 0 radical (unpaired) electrons. The SMILES string of the molecule is COCCN1c2cccnc2-n2cccc2[C@]12CCN(C(=O)c1scnc1C)C2. The molecule has 0 N–H and O–H groups in total. The minimum Gasteiger partial charge on any atom is -0.383 e. The number of likely N-dealkylation sites (tertiary alicyclic amines) is 1. The summed E-state index contributed by atoms with van der Waals surface area (Å²) in [4.78, 5) is 27.2. The van der Waals surface area contributed by atoms with Crippen molar-refractivity contribution < 1.29 is 9.53 Å². The first kappa shape index (κ1) is 18.3. The van der Waals surface area contributed by atoms with E-state index in [1.54, 1.807) is 12.6 Å². The van der Waals surface area contributed by atoms with Crippen molar-refractivity contribution in [3.05, 3.63) is 58.4 Å². The topological polar surface area (TPSA) is 63.5 Å². The molecule has 3 aromatic heterocycles. The van der Waals surface area contributed by atoms with Gasteiger partial charge in [-0.25, -0.2) is 9.97 Å². The molecular formula is C21H23N5O2S. The largest absolute Gasteiger partial charge is 0.383 e. The Hall–Kier alpha value is -2.71. The van der Waals surface area contributed by atoms with Crippen molar-refractivity contribution >= 4 is 22.9 Å². The average Bonchev–Trinajstić information content (AvgIpc) is 3.48. The van der Waals surface area contributed by atoms with Crippen molar-refractivity contribution in [1.82, 2.24) is 19.4 Å². The lowest BCUT2D eigenvalue weighted by atomic mass is 9.89. The van der Waals surface area contributed by atoms with Crippen molar-refractivity contribution in [1.29, 1.82) is 0 Å². The summed E-state index contributed by atoms with van der Waals surface area (Å²) in [6.07, 6.45) is 4.75. The van der Waals surface area contributed by atoms with Crippen LogP contribution in [0.15, 0.2) is 42.2 Å². The third-order valence-corrected chi connectivity index (χ3v) is 6.94. The molecule has 1 spiro atoms. The molecule has 7 nitrogen and oxygen atoms in total. The van der Waals surface area contributed by atoms with Gasteiger partial charge in [0.1, 0.15) is 10.4 Å². The number of carbonyl (C=O) groups is 1. The van der Waals surface area contributed by atoms with Crippen LogP contribution in [-0.2, 0) is 10.3 Å². The molecule has 0 aromatic carbocycles. The standard InChI is InChI=1S/C21H23N5O2S/c1-15-18(29-14-23-15)20(27)24-10-7-21(13-24)17-6-4-9-25(17)19-16(5-3-8-22-19)26(21)11-12-28-2/h3-6,8-9,14H,7,10-13H2,1-2H3/t21-/m1/s1. The number of hydrogen-bond acceptors (Lipinski definition) is 6. The zero-order valence-corrected chi connectivity index (χ0v) is 17.4. The molecule has 2 aliphatic rings. The molecule has 0 bridgehead atoms. The molecule has 8 heteroatoms. The summed E-state index contributed by atoms with van der Waals surface area (Å²) in [6, 6.07) is 8.30. The van der Waals surface area contributed by atoms with Gasteiger partial charge in [0.05, 0.1) is 29.2 Å². The molecule has 2 aliphatic heterocycles. The van der Waals surface area contributed by atoms with E-state index in [2.05, 4.69) is 43.8 Å². The Morgan fingerprint density at radius 3 is 3.00 bits per heavy atom. The highest BCUT2D eigenvalue weighted by molar-refractivity contribution is 7.11. The number of anilines is 1. The number of fused-ring (bicyclic) bond motifs is 4. The first-order valence-electron chi connectivity index (χ1n) is 9.75. The van der Waals surface area contributed by atoms with Gasteiger partial charge in [0.2, 0.25) is 0 Å². The summed E-state index contributed by atoms with van der Waals surface area (Å²) in [5, 5.41) is 0. The average molecular weight is 410 g/mol. The molecule has 5 heterocycles. The lowest BCUT2D eigenvalue weighted by Crippen LogP contribution is -2.53. The van der Waals surface area contributed by atoms with Gasteiger partial charge in [0.15, 0.2) is 5.82 Å². The molecule has 0 unspecified atom stereocenters. The van der Waals surface area contributed by atoms with Crippen LogP contribution in [0.2, 0.25) is 0 Å². The molecule has 1 amide bonds. The molecule has 1 fully saturated rings. The van der Waals surface area contributed by atoms with Crippen molar-refractivity contribution in [2.75, 3.05) is 38.3 Å². The van der Waals surface area contributed by atoms with Crippen LogP contribution in [0, 0.1) is 6.92 Å². The number of aromatic nitrogens is 3. The van der Waals surface area contributed by atoms with E-state index >= 15 is 0 Å². The van der Waals surface area contributed by atoms with Crippen LogP contribution in [0.5, 0.6) is 0 Å². The van der Waals surface area contributed by atoms with Crippen LogP contribution in [0.3, 0.4) is 0 Å². The van der Waals surface area contributed by atoms with E-state index in [0.29, 0.717) is 19.7 Å². The molecular weight excluding hydrogens is 386 g/mol. The zero-order valence-electron chi connectivity index (χ0n) is 16.5. The Bertz CT molecular complexity index is 1060. The van der Waals surface area contributed by atoms with Crippen LogP contribution < -0.4 is 4.90 Å². The summed E-state index contributed by atoms with van der Waals surface area (Å²) in [5.74, 6) is 1.00. The van der Waals surface area contributed by atoms with Crippen molar-refractivity contribution in [3.8, 4) is 5.82 Å². The predicted octanol–water partition coefficient (Wildman–Crippen LogP) is 2.85. The second kappa shape index (κ2) is 6.96. The Kier molecular flexibility index (Phi) is 4.40. The molecule has 5 rings (SSSR count). The van der Waals surface area contributed by atoms with E-state index in [-0.39, 0.29) is 11.4 Å². The summed E-state index contributed by atoms with van der Waals surface area (Å²) in [7, 11) is 1.72. The predicted molar refractivity (Wildman–Crippen MR) is 112 cm³/mol. The van der Waals surface area contributed by atoms with E-state index in [4.69, 9.17) is 4.74 Å². The number of ether oxygens (including phenoxy) is 1. The van der Waals surface area contributed by atoms with Gasteiger partial charge in [-0.15, -0.1) is 11.3 Å². The van der Waals surface area contributed by atoms with E-state index in [0.717, 1.165) is 35.0 Å². The van der Waals surface area contributed by atoms with Gasteiger partial charge in [-0.2, -0.15) is 0 Å². The van der Waals surface area contributed by atoms with Crippen molar-refractivity contribution in [3.63, 3.8) is 0 Å². The fourth-order valence-corrected chi connectivity index (χ4v) is 5.43. The number of rotatable bonds is 4. The number of aryl methyl sites for hydroxylation is 1. The normalized spacial score (nSPS) is 20.2. The highest BCUT2D eigenvalue weighted by Crippen LogP contribution is 2.47. The van der Waals surface area contributed by atoms with Gasteiger partial charge < -0.3 is 19.1 Å². The van der Waals surface area contributed by atoms with Crippen LogP contribution >= 0.6 is 11.3 Å². The number of methoxy groups -OCH3 is 1. The van der Waals surface area contributed by atoms with Gasteiger partial charge in [-0.1, -0.05) is 0 Å². The lowest BCUT2D eigenvalue weighted by Gasteiger charge is -2.47. The minimum absolute atomic E-state index is 0.0728. The smallest absolute Gasteiger partial charge is 0.265 e. The van der Waals surface area contributed by atoms with Crippen LogP contribution in [-0.4, -0.2) is 58.7 Å². The van der Waals surface area contributed by atoms with Crippen LogP contribution in [0.25, 0.3) is 5.82 Å². The summed E-state index contributed by atoms with van der Waals surface area (Å²) >= 11 is 1.42. The maximum Gasteiger partial charge on any atom is 0.265 e. The highest BCUT2D eigenvalue weighted by atomic mass is 32.1. The number of pyridine rings is 1. The van der Waals surface area contributed by atoms with Gasteiger partial charge in [0.25, 0.3) is 5.91 Å².